The molecule has 0 aromatic heterocycles. The van der Waals surface area contributed by atoms with E-state index in [0.717, 1.165) is 27.8 Å². The van der Waals surface area contributed by atoms with Crippen LogP contribution < -0.4 is 16.0 Å². The molecule has 3 aromatic carbocycles. The Labute approximate surface area is 303 Å². The first-order valence-corrected chi connectivity index (χ1v) is 18.8. The summed E-state index contributed by atoms with van der Waals surface area (Å²) in [5.74, 6) is -0.588. The molecule has 0 aliphatic carbocycles. The molecule has 0 saturated heterocycles. The summed E-state index contributed by atoms with van der Waals surface area (Å²) in [6.45, 7) is 10.5. The molecule has 10 nitrogen and oxygen atoms in total. The van der Waals surface area contributed by atoms with Crippen molar-refractivity contribution in [2.75, 3.05) is 11.5 Å². The van der Waals surface area contributed by atoms with E-state index in [4.69, 9.17) is 9.47 Å². The fourth-order valence-electron chi connectivity index (χ4n) is 4.51. The van der Waals surface area contributed by atoms with Gasteiger partial charge < -0.3 is 30.5 Å². The molecule has 0 aliphatic rings. The molecule has 4 N–H and O–H groups in total. The van der Waals surface area contributed by atoms with Gasteiger partial charge in [0.1, 0.15) is 30.3 Å². The van der Waals surface area contributed by atoms with Gasteiger partial charge in [0, 0.05) is 23.0 Å². The molecule has 4 atom stereocenters. The molecule has 3 amide bonds. The van der Waals surface area contributed by atoms with Crippen molar-refractivity contribution in [3.8, 4) is 0 Å². The van der Waals surface area contributed by atoms with Crippen molar-refractivity contribution in [3.05, 3.63) is 107 Å². The number of hydrogen-bond donors (Lipinski definition) is 4. The fourth-order valence-corrected chi connectivity index (χ4v) is 6.53. The van der Waals surface area contributed by atoms with Crippen molar-refractivity contribution < 1.29 is 33.8 Å². The van der Waals surface area contributed by atoms with Gasteiger partial charge in [0.2, 0.25) is 11.8 Å². The average Bonchev–Trinajstić information content (AvgIpc) is 3.06. The number of aryl methyl sites for hydroxylation is 2. The van der Waals surface area contributed by atoms with Gasteiger partial charge in [0.25, 0.3) is 0 Å². The highest BCUT2D eigenvalue weighted by molar-refractivity contribution is 7.98. The Kier molecular flexibility index (Phi) is 16.2. The SMILES string of the molecule is Cc1ccc(CSC[C@H](NC(=O)OC(C)(C)C)C(=O)N[C@H](C(=O)N[C@@H](CSCc2ccc(C)cc2)C(=O)OCc2ccccc2)[C@@H](C)O)cc1. The van der Waals surface area contributed by atoms with Gasteiger partial charge in [-0.15, -0.1) is 0 Å². The van der Waals surface area contributed by atoms with Crippen LogP contribution in [-0.4, -0.2) is 70.3 Å². The van der Waals surface area contributed by atoms with Gasteiger partial charge in [-0.05, 0) is 58.2 Å². The Morgan fingerprint density at radius 1 is 0.700 bits per heavy atom. The molecule has 3 aromatic rings. The number of rotatable bonds is 17. The van der Waals surface area contributed by atoms with E-state index in [0.29, 0.717) is 11.5 Å². The molecule has 0 radical (unpaired) electrons. The summed E-state index contributed by atoms with van der Waals surface area (Å²) in [5, 5.41) is 18.5. The van der Waals surface area contributed by atoms with E-state index in [9.17, 15) is 24.3 Å². The number of hydrogen-bond acceptors (Lipinski definition) is 9. The lowest BCUT2D eigenvalue weighted by atomic mass is 10.1. The van der Waals surface area contributed by atoms with E-state index in [2.05, 4.69) is 16.0 Å². The lowest BCUT2D eigenvalue weighted by Gasteiger charge is -2.27. The Morgan fingerprint density at radius 2 is 1.22 bits per heavy atom. The molecular formula is C38H49N3O7S2. The number of ether oxygens (including phenoxy) is 2. The number of alkyl carbamates (subject to hydrolysis) is 1. The average molecular weight is 724 g/mol. The lowest BCUT2D eigenvalue weighted by molar-refractivity contribution is -0.149. The van der Waals surface area contributed by atoms with Crippen LogP contribution in [0, 0.1) is 13.8 Å². The van der Waals surface area contributed by atoms with Gasteiger partial charge in [-0.25, -0.2) is 9.59 Å². The van der Waals surface area contributed by atoms with Crippen LogP contribution in [0.15, 0.2) is 78.9 Å². The van der Waals surface area contributed by atoms with Crippen LogP contribution >= 0.6 is 23.5 Å². The number of aliphatic hydroxyl groups is 1. The summed E-state index contributed by atoms with van der Waals surface area (Å²) in [5.41, 5.74) is 4.35. The quantitative estimate of drug-likeness (QED) is 0.134. The van der Waals surface area contributed by atoms with E-state index in [1.165, 1.54) is 30.4 Å². The summed E-state index contributed by atoms with van der Waals surface area (Å²) in [4.78, 5) is 53.2. The normalized spacial score (nSPS) is 13.7. The number of thioether (sulfide) groups is 2. The van der Waals surface area contributed by atoms with Crippen molar-refractivity contribution in [1.82, 2.24) is 16.0 Å². The second-order valence-electron chi connectivity index (χ2n) is 13.1. The summed E-state index contributed by atoms with van der Waals surface area (Å²) < 4.78 is 10.9. The number of carbonyl (C=O) groups is 4. The first-order chi connectivity index (χ1) is 23.7. The third kappa shape index (κ3) is 14.9. The molecule has 0 heterocycles. The summed E-state index contributed by atoms with van der Waals surface area (Å²) in [6.07, 6.45) is -2.12. The number of nitrogens with one attached hydrogen (secondary N) is 3. The minimum atomic E-state index is -1.43. The molecule has 270 valence electrons. The maximum absolute atomic E-state index is 13.6. The first-order valence-electron chi connectivity index (χ1n) is 16.5. The minimum Gasteiger partial charge on any atom is -0.459 e. The summed E-state index contributed by atoms with van der Waals surface area (Å²) >= 11 is 2.86. The Hall–Kier alpha value is -4.00. The maximum atomic E-state index is 13.6. The van der Waals surface area contributed by atoms with Crippen LogP contribution in [0.25, 0.3) is 0 Å². The van der Waals surface area contributed by atoms with Crippen LogP contribution in [0.3, 0.4) is 0 Å². The number of aliphatic hydroxyl groups excluding tert-OH is 1. The van der Waals surface area contributed by atoms with E-state index < -0.39 is 53.7 Å². The van der Waals surface area contributed by atoms with Crippen LogP contribution in [0.2, 0.25) is 0 Å². The number of esters is 1. The predicted octanol–water partition coefficient (Wildman–Crippen LogP) is 5.46. The molecule has 0 bridgehead atoms. The summed E-state index contributed by atoms with van der Waals surface area (Å²) in [6, 6.07) is 21.6. The Morgan fingerprint density at radius 3 is 1.72 bits per heavy atom. The van der Waals surface area contributed by atoms with Crippen LogP contribution in [0.1, 0.15) is 55.5 Å². The third-order valence-corrected chi connectivity index (χ3v) is 9.46. The zero-order chi connectivity index (χ0) is 36.7. The monoisotopic (exact) mass is 723 g/mol. The number of amides is 3. The minimum absolute atomic E-state index is 0.0174. The van der Waals surface area contributed by atoms with Gasteiger partial charge in [0.05, 0.1) is 6.10 Å². The van der Waals surface area contributed by atoms with Gasteiger partial charge in [-0.2, -0.15) is 23.5 Å². The largest absolute Gasteiger partial charge is 0.459 e. The molecular weight excluding hydrogens is 675 g/mol. The second kappa shape index (κ2) is 20.0. The zero-order valence-corrected chi connectivity index (χ0v) is 31.2. The van der Waals surface area contributed by atoms with E-state index in [1.54, 1.807) is 20.8 Å². The predicted molar refractivity (Wildman–Crippen MR) is 200 cm³/mol. The molecule has 0 spiro atoms. The lowest BCUT2D eigenvalue weighted by Crippen LogP contribution is -2.60. The second-order valence-corrected chi connectivity index (χ2v) is 15.1. The molecule has 0 fully saturated rings. The van der Waals surface area contributed by atoms with E-state index in [-0.39, 0.29) is 18.1 Å². The molecule has 0 saturated carbocycles. The van der Waals surface area contributed by atoms with Gasteiger partial charge in [-0.1, -0.05) is 90.0 Å². The van der Waals surface area contributed by atoms with Crippen molar-refractivity contribution in [2.24, 2.45) is 0 Å². The van der Waals surface area contributed by atoms with Crippen molar-refractivity contribution in [1.29, 1.82) is 0 Å². The zero-order valence-electron chi connectivity index (χ0n) is 29.6. The standard InChI is InChI=1S/C38H49N3O7S2/c1-25-12-16-29(17-13-25)21-49-23-31(40-37(46)48-38(4,5)6)34(43)41-33(27(3)42)35(44)39-32(24-50-22-30-18-14-26(2)15-19-30)36(45)47-20-28-10-8-7-9-11-28/h7-19,27,31-33,42H,20-24H2,1-6H3,(H,39,44)(H,40,46)(H,41,43)/t27-,31+,32+,33+/m1/s1. The van der Waals surface area contributed by atoms with E-state index >= 15 is 0 Å². The highest BCUT2D eigenvalue weighted by atomic mass is 32.2. The molecule has 12 heteroatoms. The van der Waals surface area contributed by atoms with Gasteiger partial charge >= 0.3 is 12.1 Å². The molecule has 3 rings (SSSR count). The number of carbonyl (C=O) groups excluding carboxylic acids is 4. The van der Waals surface area contributed by atoms with Crippen molar-refractivity contribution in [3.63, 3.8) is 0 Å². The van der Waals surface area contributed by atoms with Crippen molar-refractivity contribution >= 4 is 47.4 Å². The van der Waals surface area contributed by atoms with Gasteiger partial charge in [-0.3, -0.25) is 9.59 Å². The smallest absolute Gasteiger partial charge is 0.408 e. The Bertz CT molecular complexity index is 1530. The highest BCUT2D eigenvalue weighted by Crippen LogP contribution is 2.17. The molecule has 0 aliphatic heterocycles. The summed E-state index contributed by atoms with van der Waals surface area (Å²) in [7, 11) is 0. The van der Waals surface area contributed by atoms with E-state index in [1.807, 2.05) is 92.7 Å². The first kappa shape index (κ1) is 40.4. The third-order valence-electron chi connectivity index (χ3n) is 7.24. The fraction of sp³-hybridized carbons (Fsp3) is 0.421. The number of benzene rings is 3. The van der Waals surface area contributed by atoms with Crippen LogP contribution in [0.5, 0.6) is 0 Å². The van der Waals surface area contributed by atoms with Crippen LogP contribution in [0.4, 0.5) is 4.79 Å². The highest BCUT2D eigenvalue weighted by Gasteiger charge is 2.33. The topological polar surface area (TPSA) is 143 Å². The van der Waals surface area contributed by atoms with Crippen LogP contribution in [-0.2, 0) is 42.0 Å². The molecule has 0 unspecified atom stereocenters. The Balaban J connectivity index is 1.72. The molecule has 50 heavy (non-hydrogen) atoms. The van der Waals surface area contributed by atoms with Gasteiger partial charge in [0.15, 0.2) is 0 Å². The van der Waals surface area contributed by atoms with Crippen molar-refractivity contribution in [2.45, 2.75) is 89.5 Å². The maximum Gasteiger partial charge on any atom is 0.408 e.